The first kappa shape index (κ1) is 26.4. The van der Waals surface area contributed by atoms with Crippen molar-refractivity contribution in [2.75, 3.05) is 6.54 Å². The Morgan fingerprint density at radius 1 is 1.32 bits per heavy atom. The zero-order valence-corrected chi connectivity index (χ0v) is 21.6. The molecule has 0 aliphatic heterocycles. The smallest absolute Gasteiger partial charge is 0.207 e. The molecule has 0 bridgehead atoms. The number of nitrogens with two attached hydrogens (primary N) is 1. The van der Waals surface area contributed by atoms with Crippen molar-refractivity contribution >= 4 is 28.8 Å². The lowest BCUT2D eigenvalue weighted by molar-refractivity contribution is -0.109. The summed E-state index contributed by atoms with van der Waals surface area (Å²) in [5.41, 5.74) is 8.37. The Balaban J connectivity index is 1.70. The van der Waals surface area contributed by atoms with Crippen LogP contribution in [-0.2, 0) is 17.8 Å². The number of hydrogen-bond acceptors (Lipinski definition) is 7. The topological polar surface area (TPSA) is 130 Å². The predicted molar refractivity (Wildman–Crippen MR) is 142 cm³/mol. The van der Waals surface area contributed by atoms with Crippen LogP contribution in [0.4, 0.5) is 4.39 Å². The molecule has 4 rings (SSSR count). The average molecular weight is 521 g/mol. The Morgan fingerprint density at radius 3 is 2.84 bits per heavy atom. The van der Waals surface area contributed by atoms with Crippen LogP contribution in [0.5, 0.6) is 0 Å². The van der Waals surface area contributed by atoms with Crippen LogP contribution in [0.2, 0.25) is 0 Å². The molecule has 0 fully saturated rings. The fraction of sp³-hybridized carbons (Fsp3) is 0.333. The number of halogens is 1. The van der Waals surface area contributed by atoms with E-state index >= 15 is 0 Å². The molecule has 3 aromatic heterocycles. The normalized spacial score (nSPS) is 12.4. The minimum absolute atomic E-state index is 0.00554. The van der Waals surface area contributed by atoms with Crippen molar-refractivity contribution < 1.29 is 14.3 Å². The summed E-state index contributed by atoms with van der Waals surface area (Å²) in [6.45, 7) is 4.35. The lowest BCUT2D eigenvalue weighted by Crippen LogP contribution is -2.26. The average Bonchev–Trinajstić information content (AvgIpc) is 3.43. The van der Waals surface area contributed by atoms with Crippen LogP contribution in [0.3, 0.4) is 0 Å². The van der Waals surface area contributed by atoms with Crippen molar-refractivity contribution in [1.29, 1.82) is 5.26 Å². The SMILES string of the molecule is CC(C)(O)Cn1cc2cc(-c3sc(CC(N)CCCNC=O)cc3-c3ccc(C#N)c(F)c3)cnc2n1. The number of carbonyl (C=O) groups excluding carboxylic acids is 1. The molecule has 0 saturated carbocycles. The highest BCUT2D eigenvalue weighted by Crippen LogP contribution is 2.41. The maximum absolute atomic E-state index is 14.5. The Bertz CT molecular complexity index is 1450. The number of carbonyl (C=O) groups is 1. The van der Waals surface area contributed by atoms with Gasteiger partial charge in [0.25, 0.3) is 0 Å². The zero-order chi connectivity index (χ0) is 26.6. The van der Waals surface area contributed by atoms with E-state index in [-0.39, 0.29) is 11.6 Å². The minimum Gasteiger partial charge on any atom is -0.389 e. The quantitative estimate of drug-likeness (QED) is 0.202. The zero-order valence-electron chi connectivity index (χ0n) is 20.7. The van der Waals surface area contributed by atoms with Crippen molar-refractivity contribution in [3.8, 4) is 27.6 Å². The van der Waals surface area contributed by atoms with E-state index in [2.05, 4.69) is 15.4 Å². The number of benzene rings is 1. The summed E-state index contributed by atoms with van der Waals surface area (Å²) in [5, 5.41) is 27.2. The highest BCUT2D eigenvalue weighted by Gasteiger charge is 2.19. The predicted octanol–water partition coefficient (Wildman–Crippen LogP) is 4.00. The fourth-order valence-electron chi connectivity index (χ4n) is 4.20. The minimum atomic E-state index is -0.914. The van der Waals surface area contributed by atoms with Crippen LogP contribution < -0.4 is 11.1 Å². The largest absolute Gasteiger partial charge is 0.389 e. The number of rotatable bonds is 11. The maximum atomic E-state index is 14.5. The van der Waals surface area contributed by atoms with Gasteiger partial charge in [-0.3, -0.25) is 9.48 Å². The molecule has 1 aromatic carbocycles. The third-order valence-corrected chi connectivity index (χ3v) is 7.05. The van der Waals surface area contributed by atoms with Gasteiger partial charge in [0.05, 0.1) is 17.7 Å². The first-order valence-corrected chi connectivity index (χ1v) is 12.8. The van der Waals surface area contributed by atoms with Crippen molar-refractivity contribution in [2.45, 2.75) is 51.3 Å². The van der Waals surface area contributed by atoms with Gasteiger partial charge in [-0.15, -0.1) is 11.3 Å². The van der Waals surface area contributed by atoms with Crippen molar-refractivity contribution in [3.05, 3.63) is 59.0 Å². The van der Waals surface area contributed by atoms with Crippen molar-refractivity contribution in [3.63, 3.8) is 0 Å². The van der Waals surface area contributed by atoms with Gasteiger partial charge >= 0.3 is 0 Å². The van der Waals surface area contributed by atoms with Crippen LogP contribution in [-0.4, -0.2) is 44.5 Å². The summed E-state index contributed by atoms with van der Waals surface area (Å²) in [6, 6.07) is 10.4. The number of pyridine rings is 1. The third-order valence-electron chi connectivity index (χ3n) is 5.84. The second-order valence-corrected chi connectivity index (χ2v) is 10.9. The molecule has 4 N–H and O–H groups in total. The molecule has 1 amide bonds. The molecule has 192 valence electrons. The standard InChI is InChI=1S/C27H29FN6O2S/c1-27(2,36)15-34-14-20-8-19(13-32-26(20)33-34)25-23(17-5-6-18(12-29)24(28)9-17)11-22(37-25)10-21(30)4-3-7-31-16-35/h5-6,8-9,11,13-14,16,21,36H,3-4,7,10,15,30H2,1-2H3,(H,31,35). The van der Waals surface area contributed by atoms with Crippen molar-refractivity contribution in [1.82, 2.24) is 20.1 Å². The summed E-state index contributed by atoms with van der Waals surface area (Å²) >= 11 is 1.57. The van der Waals surface area contributed by atoms with Gasteiger partial charge in [-0.1, -0.05) is 6.07 Å². The van der Waals surface area contributed by atoms with Gasteiger partial charge in [-0.2, -0.15) is 10.4 Å². The Labute approximate surface area is 218 Å². The van der Waals surface area contributed by atoms with Gasteiger partial charge in [-0.25, -0.2) is 9.37 Å². The number of hydrogen-bond donors (Lipinski definition) is 3. The molecule has 10 heteroatoms. The van der Waals surface area contributed by atoms with Gasteiger partial charge in [0.1, 0.15) is 11.9 Å². The number of thiophene rings is 1. The number of aliphatic hydroxyl groups is 1. The van der Waals surface area contributed by atoms with E-state index in [9.17, 15) is 14.3 Å². The molecule has 0 aliphatic carbocycles. The molecule has 0 radical (unpaired) electrons. The lowest BCUT2D eigenvalue weighted by Gasteiger charge is -2.16. The van der Waals surface area contributed by atoms with E-state index in [4.69, 9.17) is 11.0 Å². The number of fused-ring (bicyclic) bond motifs is 1. The Morgan fingerprint density at radius 2 is 2.14 bits per heavy atom. The second-order valence-electron chi connectivity index (χ2n) is 9.72. The number of amides is 1. The van der Waals surface area contributed by atoms with Gasteiger partial charge in [0.2, 0.25) is 6.41 Å². The van der Waals surface area contributed by atoms with Gasteiger partial charge < -0.3 is 16.2 Å². The van der Waals surface area contributed by atoms with Crippen LogP contribution in [0.15, 0.2) is 42.7 Å². The van der Waals surface area contributed by atoms with E-state index in [0.29, 0.717) is 37.1 Å². The van der Waals surface area contributed by atoms with E-state index in [1.807, 2.05) is 24.4 Å². The number of nitriles is 1. The van der Waals surface area contributed by atoms with Crippen LogP contribution in [0, 0.1) is 17.1 Å². The van der Waals surface area contributed by atoms with Crippen LogP contribution in [0.1, 0.15) is 37.1 Å². The Kier molecular flexibility index (Phi) is 7.97. The first-order valence-electron chi connectivity index (χ1n) is 12.0. The van der Waals surface area contributed by atoms with E-state index in [1.165, 1.54) is 12.1 Å². The molecule has 37 heavy (non-hydrogen) atoms. The third kappa shape index (κ3) is 6.57. The lowest BCUT2D eigenvalue weighted by atomic mass is 10.00. The summed E-state index contributed by atoms with van der Waals surface area (Å²) in [4.78, 5) is 16.9. The molecule has 1 unspecified atom stereocenters. The number of nitrogens with zero attached hydrogens (tertiary/aromatic N) is 4. The van der Waals surface area contributed by atoms with Crippen molar-refractivity contribution in [2.24, 2.45) is 5.73 Å². The highest BCUT2D eigenvalue weighted by atomic mass is 32.1. The first-order chi connectivity index (χ1) is 17.7. The van der Waals surface area contributed by atoms with Gasteiger partial charge in [0, 0.05) is 51.2 Å². The van der Waals surface area contributed by atoms with Gasteiger partial charge in [-0.05, 0) is 62.9 Å². The van der Waals surface area contributed by atoms with Gasteiger partial charge in [0.15, 0.2) is 5.65 Å². The summed E-state index contributed by atoms with van der Waals surface area (Å²) in [5.74, 6) is -0.570. The molecular weight excluding hydrogens is 491 g/mol. The fourth-order valence-corrected chi connectivity index (χ4v) is 5.45. The Hall–Kier alpha value is -3.65. The monoisotopic (exact) mass is 520 g/mol. The molecule has 4 aromatic rings. The molecule has 0 spiro atoms. The van der Waals surface area contributed by atoms with Crippen LogP contribution >= 0.6 is 11.3 Å². The maximum Gasteiger partial charge on any atom is 0.207 e. The molecule has 1 atom stereocenters. The van der Waals surface area contributed by atoms with E-state index < -0.39 is 11.4 Å². The highest BCUT2D eigenvalue weighted by molar-refractivity contribution is 7.16. The number of aromatic nitrogens is 3. The molecule has 8 nitrogen and oxygen atoms in total. The van der Waals surface area contributed by atoms with Crippen LogP contribution in [0.25, 0.3) is 32.6 Å². The molecular formula is C27H29FN6O2S. The number of nitrogens with one attached hydrogen (secondary N) is 1. The van der Waals surface area contributed by atoms with E-state index in [0.717, 1.165) is 39.1 Å². The second kappa shape index (κ2) is 11.2. The molecule has 0 aliphatic rings. The summed E-state index contributed by atoms with van der Waals surface area (Å²) < 4.78 is 16.2. The summed E-state index contributed by atoms with van der Waals surface area (Å²) in [6.07, 6.45) is 6.44. The molecule has 3 heterocycles. The molecule has 0 saturated heterocycles. The summed E-state index contributed by atoms with van der Waals surface area (Å²) in [7, 11) is 0. The van der Waals surface area contributed by atoms with E-state index in [1.54, 1.807) is 42.1 Å².